The van der Waals surface area contributed by atoms with Crippen LogP contribution in [0.2, 0.25) is 4.34 Å². The van der Waals surface area contributed by atoms with Crippen LogP contribution in [0.15, 0.2) is 15.0 Å². The fourth-order valence-corrected chi connectivity index (χ4v) is 3.89. The Morgan fingerprint density at radius 3 is 2.60 bits per heavy atom. The average molecular weight is 440 g/mol. The van der Waals surface area contributed by atoms with Gasteiger partial charge in [0.25, 0.3) is 0 Å². The van der Waals surface area contributed by atoms with E-state index >= 15 is 0 Å². The molecule has 0 unspecified atom stereocenters. The van der Waals surface area contributed by atoms with E-state index in [2.05, 4.69) is 61.0 Å². The third kappa shape index (κ3) is 3.53. The first-order chi connectivity index (χ1) is 9.56. The van der Waals surface area contributed by atoms with Gasteiger partial charge in [-0.25, -0.2) is 9.97 Å². The zero-order valence-corrected chi connectivity index (χ0v) is 15.9. The first-order valence-corrected chi connectivity index (χ1v) is 9.10. The summed E-state index contributed by atoms with van der Waals surface area (Å²) in [4.78, 5) is 10.2. The zero-order valence-electron chi connectivity index (χ0n) is 11.1. The Morgan fingerprint density at radius 1 is 1.30 bits per heavy atom. The van der Waals surface area contributed by atoms with E-state index in [1.54, 1.807) is 0 Å². The Morgan fingerprint density at radius 2 is 2.05 bits per heavy atom. The van der Waals surface area contributed by atoms with Crippen LogP contribution in [0.5, 0.6) is 0 Å². The number of nitrogens with one attached hydrogen (secondary N) is 1. The van der Waals surface area contributed by atoms with Gasteiger partial charge in [0.1, 0.15) is 10.2 Å². The van der Waals surface area contributed by atoms with Gasteiger partial charge in [-0.05, 0) is 50.8 Å². The van der Waals surface area contributed by atoms with E-state index < -0.39 is 0 Å². The second-order valence-electron chi connectivity index (χ2n) is 4.17. The number of aryl methyl sites for hydroxylation is 1. The molecular formula is C13H14Br2ClN3S. The smallest absolute Gasteiger partial charge is 0.172 e. The fraction of sp³-hybridized carbons (Fsp3) is 0.385. The molecule has 0 fully saturated rings. The number of halogens is 3. The molecule has 20 heavy (non-hydrogen) atoms. The van der Waals surface area contributed by atoms with Gasteiger partial charge in [0.15, 0.2) is 5.82 Å². The molecule has 0 aliphatic heterocycles. The zero-order chi connectivity index (χ0) is 14.7. The van der Waals surface area contributed by atoms with Crippen LogP contribution in [0, 0.1) is 0 Å². The number of hydrogen-bond acceptors (Lipinski definition) is 4. The second-order valence-corrected chi connectivity index (χ2v) is 7.47. The summed E-state index contributed by atoms with van der Waals surface area (Å²) < 4.78 is 2.54. The van der Waals surface area contributed by atoms with E-state index in [0.717, 1.165) is 44.7 Å². The highest BCUT2D eigenvalue weighted by molar-refractivity contribution is 9.11. The number of thiophene rings is 1. The highest BCUT2D eigenvalue weighted by Crippen LogP contribution is 2.38. The summed E-state index contributed by atoms with van der Waals surface area (Å²) in [5, 5.41) is 3.33. The number of nitrogens with zero attached hydrogens (tertiary/aromatic N) is 2. The van der Waals surface area contributed by atoms with Crippen LogP contribution in [-0.4, -0.2) is 16.5 Å². The number of rotatable bonds is 5. The summed E-state index contributed by atoms with van der Waals surface area (Å²) in [6.07, 6.45) is 1.89. The highest BCUT2D eigenvalue weighted by atomic mass is 79.9. The lowest BCUT2D eigenvalue weighted by Gasteiger charge is -2.11. The van der Waals surface area contributed by atoms with Crippen molar-refractivity contribution >= 4 is 60.6 Å². The SMILES string of the molecule is CCCNc1nc(-c2cc(Br)c(Cl)s2)nc(CC)c1Br. The molecule has 0 bridgehead atoms. The summed E-state index contributed by atoms with van der Waals surface area (Å²) in [6.45, 7) is 5.09. The van der Waals surface area contributed by atoms with E-state index in [9.17, 15) is 0 Å². The quantitative estimate of drug-likeness (QED) is 0.643. The van der Waals surface area contributed by atoms with Crippen molar-refractivity contribution in [2.75, 3.05) is 11.9 Å². The molecule has 0 amide bonds. The Labute approximate surface area is 144 Å². The van der Waals surface area contributed by atoms with Crippen molar-refractivity contribution in [3.8, 4) is 10.7 Å². The minimum absolute atomic E-state index is 0.709. The lowest BCUT2D eigenvalue weighted by Crippen LogP contribution is -2.06. The molecule has 108 valence electrons. The van der Waals surface area contributed by atoms with Crippen LogP contribution in [0.4, 0.5) is 5.82 Å². The number of anilines is 1. The molecule has 1 N–H and O–H groups in total. The van der Waals surface area contributed by atoms with Gasteiger partial charge in [-0.15, -0.1) is 11.3 Å². The molecule has 3 nitrogen and oxygen atoms in total. The molecular weight excluding hydrogens is 425 g/mol. The summed E-state index contributed by atoms with van der Waals surface area (Å²) in [6, 6.07) is 1.96. The summed E-state index contributed by atoms with van der Waals surface area (Å²) >= 11 is 14.6. The molecule has 2 aromatic rings. The van der Waals surface area contributed by atoms with Gasteiger partial charge in [0.05, 0.1) is 15.0 Å². The number of aromatic nitrogens is 2. The van der Waals surface area contributed by atoms with E-state index in [0.29, 0.717) is 10.2 Å². The minimum atomic E-state index is 0.709. The van der Waals surface area contributed by atoms with Gasteiger partial charge in [0, 0.05) is 11.0 Å². The van der Waals surface area contributed by atoms with Crippen molar-refractivity contribution in [3.05, 3.63) is 25.0 Å². The number of hydrogen-bond donors (Lipinski definition) is 1. The van der Waals surface area contributed by atoms with Gasteiger partial charge in [-0.2, -0.15) is 0 Å². The van der Waals surface area contributed by atoms with Crippen LogP contribution < -0.4 is 5.32 Å². The van der Waals surface area contributed by atoms with E-state index in [-0.39, 0.29) is 0 Å². The summed E-state index contributed by atoms with van der Waals surface area (Å²) in [5.74, 6) is 1.55. The monoisotopic (exact) mass is 437 g/mol. The Balaban J connectivity index is 2.47. The highest BCUT2D eigenvalue weighted by Gasteiger charge is 2.15. The lowest BCUT2D eigenvalue weighted by molar-refractivity contribution is 0.945. The Bertz CT molecular complexity index is 596. The maximum absolute atomic E-state index is 6.10. The molecule has 0 spiro atoms. The molecule has 0 aromatic carbocycles. The van der Waals surface area contributed by atoms with Crippen LogP contribution in [-0.2, 0) is 6.42 Å². The largest absolute Gasteiger partial charge is 0.369 e. The first kappa shape index (κ1) is 16.2. The molecule has 0 saturated carbocycles. The van der Waals surface area contributed by atoms with E-state index in [1.807, 2.05) is 6.07 Å². The van der Waals surface area contributed by atoms with Crippen LogP contribution in [0.1, 0.15) is 26.0 Å². The third-order valence-corrected chi connectivity index (χ3v) is 5.97. The van der Waals surface area contributed by atoms with Gasteiger partial charge < -0.3 is 5.32 Å². The molecule has 2 aromatic heterocycles. The van der Waals surface area contributed by atoms with E-state index in [1.165, 1.54) is 11.3 Å². The van der Waals surface area contributed by atoms with Crippen molar-refractivity contribution in [1.29, 1.82) is 0 Å². The fourth-order valence-electron chi connectivity index (χ4n) is 1.66. The van der Waals surface area contributed by atoms with Gasteiger partial charge in [-0.1, -0.05) is 25.4 Å². The third-order valence-electron chi connectivity index (χ3n) is 2.66. The van der Waals surface area contributed by atoms with Crippen LogP contribution in [0.3, 0.4) is 0 Å². The van der Waals surface area contributed by atoms with Crippen molar-refractivity contribution in [2.24, 2.45) is 0 Å². The summed E-state index contributed by atoms with van der Waals surface area (Å²) in [5.41, 5.74) is 0.995. The topological polar surface area (TPSA) is 37.8 Å². The maximum Gasteiger partial charge on any atom is 0.172 e. The normalized spacial score (nSPS) is 10.8. The van der Waals surface area contributed by atoms with Crippen LogP contribution in [0.25, 0.3) is 10.7 Å². The maximum atomic E-state index is 6.10. The molecule has 2 heterocycles. The second kappa shape index (κ2) is 7.20. The standard InChI is InChI=1S/C13H14Br2ClN3S/c1-3-5-17-13-10(15)8(4-2)18-12(19-13)9-6-7(14)11(16)20-9/h6H,3-5H2,1-2H3,(H,17,18,19). The van der Waals surface area contributed by atoms with Crippen molar-refractivity contribution < 1.29 is 0 Å². The van der Waals surface area contributed by atoms with Crippen molar-refractivity contribution in [2.45, 2.75) is 26.7 Å². The van der Waals surface area contributed by atoms with E-state index in [4.69, 9.17) is 11.6 Å². The molecule has 0 aliphatic carbocycles. The van der Waals surface area contributed by atoms with Gasteiger partial charge in [-0.3, -0.25) is 0 Å². The molecule has 2 rings (SSSR count). The molecule has 0 aliphatic rings. The first-order valence-electron chi connectivity index (χ1n) is 6.32. The predicted molar refractivity (Wildman–Crippen MR) is 93.9 cm³/mol. The predicted octanol–water partition coefficient (Wildman–Crippen LogP) is 5.77. The molecule has 0 atom stereocenters. The lowest BCUT2D eigenvalue weighted by atomic mass is 10.3. The average Bonchev–Trinajstić information content (AvgIpc) is 2.77. The Kier molecular flexibility index (Phi) is 5.84. The molecule has 7 heteroatoms. The van der Waals surface area contributed by atoms with Crippen molar-refractivity contribution in [1.82, 2.24) is 9.97 Å². The van der Waals surface area contributed by atoms with Gasteiger partial charge in [0.2, 0.25) is 0 Å². The molecule has 0 saturated heterocycles. The van der Waals surface area contributed by atoms with Gasteiger partial charge >= 0.3 is 0 Å². The Hall–Kier alpha value is -0.170. The summed E-state index contributed by atoms with van der Waals surface area (Å²) in [7, 11) is 0. The minimum Gasteiger partial charge on any atom is -0.369 e. The van der Waals surface area contributed by atoms with Crippen molar-refractivity contribution in [3.63, 3.8) is 0 Å². The molecule has 0 radical (unpaired) electrons. The van der Waals surface area contributed by atoms with Crippen LogP contribution >= 0.6 is 54.8 Å².